The third-order valence-corrected chi connectivity index (χ3v) is 5.79. The topological polar surface area (TPSA) is 66.8 Å². The van der Waals surface area contributed by atoms with E-state index in [1.165, 1.54) is 19.2 Å². The van der Waals surface area contributed by atoms with Gasteiger partial charge in [-0.3, -0.25) is 14.5 Å². The van der Waals surface area contributed by atoms with Gasteiger partial charge >= 0.3 is 0 Å². The number of ether oxygens (including phenoxy) is 1. The second kappa shape index (κ2) is 8.70. The number of benzene rings is 3. The first-order valence-corrected chi connectivity index (χ1v) is 10.3. The second-order valence-electron chi connectivity index (χ2n) is 7.95. The molecule has 1 saturated heterocycles. The zero-order valence-corrected chi connectivity index (χ0v) is 18.5. The predicted octanol–water partition coefficient (Wildman–Crippen LogP) is 5.36. The minimum absolute atomic E-state index is 0.230. The molecule has 0 radical (unpaired) electrons. The van der Waals surface area contributed by atoms with E-state index in [1.807, 2.05) is 0 Å². The van der Waals surface area contributed by atoms with Gasteiger partial charge in [0.2, 0.25) is 0 Å². The summed E-state index contributed by atoms with van der Waals surface area (Å²) in [6, 6.07) is 9.30. The molecule has 0 saturated carbocycles. The molecule has 0 aliphatic carbocycles. The number of nitrogens with zero attached hydrogens (tertiary/aromatic N) is 1. The van der Waals surface area contributed by atoms with Crippen LogP contribution in [0.15, 0.2) is 60.2 Å². The van der Waals surface area contributed by atoms with E-state index in [0.717, 1.165) is 35.2 Å². The molecule has 1 aliphatic heterocycles. The van der Waals surface area contributed by atoms with Gasteiger partial charge in [0.05, 0.1) is 24.4 Å². The number of halogens is 3. The van der Waals surface area contributed by atoms with E-state index >= 15 is 0 Å². The molecular weight excluding hydrogens is 447 g/mol. The number of aryl methyl sites for hydroxylation is 2. The molecule has 0 bridgehead atoms. The summed E-state index contributed by atoms with van der Waals surface area (Å²) in [5.41, 5.74) is 0.919. The minimum Gasteiger partial charge on any atom is -0.507 e. The molecule has 5 nitrogen and oxygen atoms in total. The highest BCUT2D eigenvalue weighted by atomic mass is 19.1. The maximum atomic E-state index is 14.7. The number of rotatable bonds is 4. The van der Waals surface area contributed by atoms with Crippen LogP contribution < -0.4 is 9.64 Å². The van der Waals surface area contributed by atoms with E-state index < -0.39 is 46.6 Å². The predicted molar refractivity (Wildman–Crippen MR) is 120 cm³/mol. The highest BCUT2D eigenvalue weighted by Crippen LogP contribution is 2.43. The van der Waals surface area contributed by atoms with Crippen LogP contribution in [0.25, 0.3) is 5.76 Å². The zero-order valence-electron chi connectivity index (χ0n) is 18.5. The van der Waals surface area contributed by atoms with Gasteiger partial charge in [0, 0.05) is 11.6 Å². The van der Waals surface area contributed by atoms with E-state index in [0.29, 0.717) is 16.9 Å². The Morgan fingerprint density at radius 1 is 0.912 bits per heavy atom. The molecule has 34 heavy (non-hydrogen) atoms. The van der Waals surface area contributed by atoms with Crippen LogP contribution in [-0.2, 0) is 9.59 Å². The number of hydrogen-bond donors (Lipinski definition) is 1. The fourth-order valence-corrected chi connectivity index (χ4v) is 4.12. The van der Waals surface area contributed by atoms with Crippen molar-refractivity contribution in [2.45, 2.75) is 19.9 Å². The van der Waals surface area contributed by atoms with E-state index in [9.17, 15) is 27.9 Å². The van der Waals surface area contributed by atoms with Crippen LogP contribution in [0, 0.1) is 31.3 Å². The lowest BCUT2D eigenvalue weighted by Gasteiger charge is -2.26. The maximum absolute atomic E-state index is 14.7. The Morgan fingerprint density at radius 3 is 2.21 bits per heavy atom. The monoisotopic (exact) mass is 467 g/mol. The van der Waals surface area contributed by atoms with Crippen LogP contribution in [0.4, 0.5) is 18.9 Å². The molecule has 0 spiro atoms. The molecule has 174 valence electrons. The highest BCUT2D eigenvalue weighted by molar-refractivity contribution is 6.51. The van der Waals surface area contributed by atoms with Crippen molar-refractivity contribution in [3.63, 3.8) is 0 Å². The van der Waals surface area contributed by atoms with Crippen LogP contribution >= 0.6 is 0 Å². The molecule has 3 aromatic carbocycles. The molecule has 1 fully saturated rings. The van der Waals surface area contributed by atoms with E-state index in [1.54, 1.807) is 26.0 Å². The van der Waals surface area contributed by atoms with Crippen LogP contribution in [0.1, 0.15) is 28.3 Å². The van der Waals surface area contributed by atoms with Crippen molar-refractivity contribution < 1.29 is 32.6 Å². The Hall–Kier alpha value is -4.07. The molecule has 8 heteroatoms. The zero-order chi connectivity index (χ0) is 24.7. The lowest BCUT2D eigenvalue weighted by atomic mass is 9.93. The third-order valence-electron chi connectivity index (χ3n) is 5.79. The highest BCUT2D eigenvalue weighted by Gasteiger charge is 2.48. The summed E-state index contributed by atoms with van der Waals surface area (Å²) in [6.07, 6.45) is 0. The fraction of sp³-hybridized carbons (Fsp3) is 0.154. The van der Waals surface area contributed by atoms with Gasteiger partial charge in [-0.05, 0) is 66.9 Å². The van der Waals surface area contributed by atoms with Crippen LogP contribution in [0.5, 0.6) is 5.75 Å². The van der Waals surface area contributed by atoms with Gasteiger partial charge in [-0.1, -0.05) is 12.1 Å². The van der Waals surface area contributed by atoms with E-state index in [-0.39, 0.29) is 16.7 Å². The van der Waals surface area contributed by atoms with Gasteiger partial charge in [0.1, 0.15) is 29.0 Å². The van der Waals surface area contributed by atoms with Gasteiger partial charge in [0.15, 0.2) is 0 Å². The van der Waals surface area contributed by atoms with Crippen molar-refractivity contribution in [1.29, 1.82) is 0 Å². The lowest BCUT2D eigenvalue weighted by molar-refractivity contribution is -0.132. The summed E-state index contributed by atoms with van der Waals surface area (Å²) in [5, 5.41) is 11.2. The largest absolute Gasteiger partial charge is 0.507 e. The Labute approximate surface area is 193 Å². The summed E-state index contributed by atoms with van der Waals surface area (Å²) in [6.45, 7) is 3.43. The normalized spacial score (nSPS) is 17.4. The molecule has 1 atom stereocenters. The molecule has 1 unspecified atom stereocenters. The Balaban J connectivity index is 2.00. The molecule has 1 N–H and O–H groups in total. The number of aliphatic hydroxyl groups is 1. The van der Waals surface area contributed by atoms with Crippen LogP contribution in [0.2, 0.25) is 0 Å². The second-order valence-corrected chi connectivity index (χ2v) is 7.95. The van der Waals surface area contributed by atoms with Crippen LogP contribution in [-0.4, -0.2) is 23.9 Å². The molecule has 0 aromatic heterocycles. The molecule has 1 heterocycles. The summed E-state index contributed by atoms with van der Waals surface area (Å²) < 4.78 is 47.6. The van der Waals surface area contributed by atoms with Gasteiger partial charge in [-0.15, -0.1) is 0 Å². The molecule has 1 aliphatic rings. The first kappa shape index (κ1) is 23.1. The summed E-state index contributed by atoms with van der Waals surface area (Å²) in [5.74, 6) is -4.49. The van der Waals surface area contributed by atoms with Crippen molar-refractivity contribution in [2.24, 2.45) is 0 Å². The Bertz CT molecular complexity index is 1350. The summed E-state index contributed by atoms with van der Waals surface area (Å²) in [7, 11) is 1.49. The van der Waals surface area contributed by atoms with Gasteiger partial charge in [-0.25, -0.2) is 13.2 Å². The van der Waals surface area contributed by atoms with Crippen molar-refractivity contribution in [3.05, 3.63) is 99.9 Å². The number of anilines is 1. The number of methoxy groups -OCH3 is 1. The molecule has 1 amide bonds. The van der Waals surface area contributed by atoms with Crippen molar-refractivity contribution in [2.75, 3.05) is 12.0 Å². The third kappa shape index (κ3) is 3.81. The van der Waals surface area contributed by atoms with Crippen molar-refractivity contribution in [1.82, 2.24) is 0 Å². The first-order chi connectivity index (χ1) is 16.1. The van der Waals surface area contributed by atoms with Crippen molar-refractivity contribution in [3.8, 4) is 5.75 Å². The number of Topliss-reactive ketones (excluding diaryl/α,β-unsaturated/α-hetero) is 1. The van der Waals surface area contributed by atoms with E-state index in [2.05, 4.69) is 0 Å². The van der Waals surface area contributed by atoms with Gasteiger partial charge in [0.25, 0.3) is 11.7 Å². The van der Waals surface area contributed by atoms with Crippen LogP contribution in [0.3, 0.4) is 0 Å². The number of aliphatic hydroxyl groups excluding tert-OH is 1. The number of hydrogen-bond acceptors (Lipinski definition) is 4. The Kier molecular flexibility index (Phi) is 5.91. The summed E-state index contributed by atoms with van der Waals surface area (Å²) >= 11 is 0. The minimum atomic E-state index is -1.32. The molecule has 3 aromatic rings. The standard InChI is InChI=1S/C26H20F3NO4/c1-13-11-21(34-3)14(2)10-18(13)24(31)22-23(15-4-6-16(27)7-5-15)30(26(33)25(22)32)20-12-17(28)8-9-19(20)29/h4-12,23,31H,1-3H3/b24-22+. The molecular formula is C26H20F3NO4. The Morgan fingerprint density at radius 2 is 1.56 bits per heavy atom. The van der Waals surface area contributed by atoms with Crippen molar-refractivity contribution >= 4 is 23.1 Å². The average molecular weight is 467 g/mol. The van der Waals surface area contributed by atoms with E-state index in [4.69, 9.17) is 4.74 Å². The molecule has 4 rings (SSSR count). The lowest BCUT2D eigenvalue weighted by Crippen LogP contribution is -2.30. The first-order valence-electron chi connectivity index (χ1n) is 10.3. The number of amides is 1. The number of carbonyl (C=O) groups excluding carboxylic acids is 2. The number of carbonyl (C=O) groups is 2. The summed E-state index contributed by atoms with van der Waals surface area (Å²) in [4.78, 5) is 27.0. The SMILES string of the molecule is COc1cc(C)c(/C(O)=C2\C(=O)C(=O)N(c3cc(F)ccc3F)C2c2ccc(F)cc2)cc1C. The van der Waals surface area contributed by atoms with Gasteiger partial charge < -0.3 is 9.84 Å². The fourth-order valence-electron chi connectivity index (χ4n) is 4.12. The quantitative estimate of drug-likeness (QED) is 0.319. The van der Waals surface area contributed by atoms with Gasteiger partial charge in [-0.2, -0.15) is 0 Å². The average Bonchev–Trinajstić information content (AvgIpc) is 3.07. The smallest absolute Gasteiger partial charge is 0.300 e. The maximum Gasteiger partial charge on any atom is 0.300 e. The number of ketones is 1.